The Balaban J connectivity index is 2.61. The van der Waals surface area contributed by atoms with Gasteiger partial charge in [0.2, 0.25) is 0 Å². The predicted octanol–water partition coefficient (Wildman–Crippen LogP) is 3.92. The van der Waals surface area contributed by atoms with Crippen molar-refractivity contribution in [2.75, 3.05) is 26.8 Å². The number of benzene rings is 1. The number of hydrogen-bond donors (Lipinski definition) is 1. The lowest BCUT2D eigenvalue weighted by Gasteiger charge is -2.32. The molecule has 1 N–H and O–H groups in total. The third kappa shape index (κ3) is 5.52. The quantitative estimate of drug-likeness (QED) is 0.694. The Labute approximate surface area is 122 Å². The Morgan fingerprint density at radius 2 is 1.79 bits per heavy atom. The molecular formula is C16H26ClNO. The van der Waals surface area contributed by atoms with Crippen molar-refractivity contribution in [2.45, 2.75) is 33.1 Å². The van der Waals surface area contributed by atoms with Crippen LogP contribution in [0.1, 0.15) is 32.3 Å². The number of ether oxygens (including phenoxy) is 1. The van der Waals surface area contributed by atoms with Crippen LogP contribution in [0.5, 0.6) is 0 Å². The molecule has 0 bridgehead atoms. The van der Waals surface area contributed by atoms with E-state index in [1.165, 1.54) is 18.4 Å². The highest BCUT2D eigenvalue weighted by Crippen LogP contribution is 2.30. The van der Waals surface area contributed by atoms with Crippen molar-refractivity contribution >= 4 is 11.6 Å². The van der Waals surface area contributed by atoms with Gasteiger partial charge < -0.3 is 10.1 Å². The molecule has 0 atom stereocenters. The first-order chi connectivity index (χ1) is 9.15. The van der Waals surface area contributed by atoms with E-state index in [-0.39, 0.29) is 0 Å². The Kier molecular flexibility index (Phi) is 7.44. The minimum absolute atomic E-state index is 0.321. The molecule has 3 heteroatoms. The number of rotatable bonds is 9. The van der Waals surface area contributed by atoms with E-state index in [0.29, 0.717) is 5.41 Å². The topological polar surface area (TPSA) is 21.3 Å². The van der Waals surface area contributed by atoms with Crippen molar-refractivity contribution < 1.29 is 4.74 Å². The van der Waals surface area contributed by atoms with Crippen molar-refractivity contribution in [3.8, 4) is 0 Å². The molecule has 1 rings (SSSR count). The second kappa shape index (κ2) is 8.57. The summed E-state index contributed by atoms with van der Waals surface area (Å²) in [6, 6.07) is 8.23. The van der Waals surface area contributed by atoms with Crippen LogP contribution in [0.25, 0.3) is 0 Å². The van der Waals surface area contributed by atoms with Gasteiger partial charge in [0.25, 0.3) is 0 Å². The van der Waals surface area contributed by atoms with E-state index >= 15 is 0 Å². The molecule has 1 aromatic carbocycles. The van der Waals surface area contributed by atoms with Crippen LogP contribution in [0, 0.1) is 5.41 Å². The summed E-state index contributed by atoms with van der Waals surface area (Å²) in [5, 5.41) is 4.32. The zero-order chi connectivity index (χ0) is 14.1. The van der Waals surface area contributed by atoms with Gasteiger partial charge in [-0.2, -0.15) is 0 Å². The highest BCUT2D eigenvalue weighted by molar-refractivity contribution is 6.30. The van der Waals surface area contributed by atoms with Gasteiger partial charge in [-0.15, -0.1) is 0 Å². The molecule has 0 aromatic heterocycles. The summed E-state index contributed by atoms with van der Waals surface area (Å²) in [7, 11) is 1.74. The number of hydrogen-bond acceptors (Lipinski definition) is 2. The molecule has 0 radical (unpaired) electrons. The van der Waals surface area contributed by atoms with Gasteiger partial charge >= 0.3 is 0 Å². The van der Waals surface area contributed by atoms with Crippen molar-refractivity contribution in [1.82, 2.24) is 5.32 Å². The van der Waals surface area contributed by atoms with E-state index in [1.54, 1.807) is 7.11 Å². The fraction of sp³-hybridized carbons (Fsp3) is 0.625. The Bertz CT molecular complexity index is 346. The summed E-state index contributed by atoms with van der Waals surface area (Å²) in [6.45, 7) is 7.27. The van der Waals surface area contributed by atoms with Crippen LogP contribution in [0.3, 0.4) is 0 Å². The molecule has 0 unspecified atom stereocenters. The minimum Gasteiger partial charge on any atom is -0.383 e. The zero-order valence-corrected chi connectivity index (χ0v) is 13.1. The third-order valence-corrected chi connectivity index (χ3v) is 4.23. The molecule has 0 amide bonds. The van der Waals surface area contributed by atoms with Crippen molar-refractivity contribution in [2.24, 2.45) is 5.41 Å². The molecule has 0 saturated carbocycles. The standard InChI is InChI=1S/C16H26ClNO/c1-4-16(5-2,13-18-10-11-19-3)12-14-6-8-15(17)9-7-14/h6-9,18H,4-5,10-13H2,1-3H3. The van der Waals surface area contributed by atoms with E-state index < -0.39 is 0 Å². The van der Waals surface area contributed by atoms with Crippen LogP contribution in [0.4, 0.5) is 0 Å². The molecule has 0 heterocycles. The Morgan fingerprint density at radius 3 is 2.32 bits per heavy atom. The molecule has 1 aromatic rings. The minimum atomic E-state index is 0.321. The normalized spacial score (nSPS) is 11.8. The summed E-state index contributed by atoms with van der Waals surface area (Å²) in [5.41, 5.74) is 1.68. The first kappa shape index (κ1) is 16.5. The lowest BCUT2D eigenvalue weighted by molar-refractivity contribution is 0.185. The lowest BCUT2D eigenvalue weighted by atomic mass is 9.77. The molecule has 0 aliphatic carbocycles. The van der Waals surface area contributed by atoms with Crippen molar-refractivity contribution in [3.05, 3.63) is 34.9 Å². The molecule has 2 nitrogen and oxygen atoms in total. The second-order valence-corrected chi connectivity index (χ2v) is 5.62. The van der Waals surface area contributed by atoms with Gasteiger partial charge in [-0.1, -0.05) is 37.6 Å². The van der Waals surface area contributed by atoms with E-state index in [9.17, 15) is 0 Å². The largest absolute Gasteiger partial charge is 0.383 e. The van der Waals surface area contributed by atoms with Gasteiger partial charge in [0.1, 0.15) is 0 Å². The highest BCUT2D eigenvalue weighted by Gasteiger charge is 2.25. The molecule has 0 fully saturated rings. The van der Waals surface area contributed by atoms with E-state index in [2.05, 4.69) is 31.3 Å². The van der Waals surface area contributed by atoms with E-state index in [1.807, 2.05) is 12.1 Å². The average molecular weight is 284 g/mol. The van der Waals surface area contributed by atoms with Crippen LogP contribution < -0.4 is 5.32 Å². The molecule has 0 aliphatic heterocycles. The van der Waals surface area contributed by atoms with Crippen LogP contribution >= 0.6 is 11.6 Å². The first-order valence-corrected chi connectivity index (χ1v) is 7.47. The van der Waals surface area contributed by atoms with Gasteiger partial charge in [0, 0.05) is 25.2 Å². The maximum atomic E-state index is 5.94. The fourth-order valence-electron chi connectivity index (χ4n) is 2.38. The molecular weight excluding hydrogens is 258 g/mol. The summed E-state index contributed by atoms with van der Waals surface area (Å²) in [5.74, 6) is 0. The molecule has 0 spiro atoms. The monoisotopic (exact) mass is 283 g/mol. The highest BCUT2D eigenvalue weighted by atomic mass is 35.5. The van der Waals surface area contributed by atoms with Crippen LogP contribution in [-0.2, 0) is 11.2 Å². The Morgan fingerprint density at radius 1 is 1.16 bits per heavy atom. The fourth-order valence-corrected chi connectivity index (χ4v) is 2.50. The molecule has 0 saturated heterocycles. The van der Waals surface area contributed by atoms with Crippen LogP contribution in [0.2, 0.25) is 5.02 Å². The van der Waals surface area contributed by atoms with E-state index in [4.69, 9.17) is 16.3 Å². The van der Waals surface area contributed by atoms with Gasteiger partial charge in [-0.3, -0.25) is 0 Å². The summed E-state index contributed by atoms with van der Waals surface area (Å²) < 4.78 is 5.08. The van der Waals surface area contributed by atoms with Crippen molar-refractivity contribution in [1.29, 1.82) is 0 Å². The van der Waals surface area contributed by atoms with E-state index in [0.717, 1.165) is 31.1 Å². The second-order valence-electron chi connectivity index (χ2n) is 5.18. The van der Waals surface area contributed by atoms with Gasteiger partial charge in [0.05, 0.1) is 6.61 Å². The van der Waals surface area contributed by atoms with Gasteiger partial charge in [-0.05, 0) is 42.4 Å². The molecule has 19 heavy (non-hydrogen) atoms. The van der Waals surface area contributed by atoms with Crippen LogP contribution in [0.15, 0.2) is 24.3 Å². The smallest absolute Gasteiger partial charge is 0.0587 e. The van der Waals surface area contributed by atoms with Gasteiger partial charge in [-0.25, -0.2) is 0 Å². The predicted molar refractivity (Wildman–Crippen MR) is 82.9 cm³/mol. The van der Waals surface area contributed by atoms with Gasteiger partial charge in [0.15, 0.2) is 0 Å². The number of nitrogens with one attached hydrogen (secondary N) is 1. The lowest BCUT2D eigenvalue weighted by Crippen LogP contribution is -2.36. The van der Waals surface area contributed by atoms with Crippen LogP contribution in [-0.4, -0.2) is 26.8 Å². The summed E-state index contributed by atoms with van der Waals surface area (Å²) in [4.78, 5) is 0. The SMILES string of the molecule is CCC(CC)(CNCCOC)Cc1ccc(Cl)cc1. The average Bonchev–Trinajstić information content (AvgIpc) is 2.45. The zero-order valence-electron chi connectivity index (χ0n) is 12.3. The summed E-state index contributed by atoms with van der Waals surface area (Å²) in [6.07, 6.45) is 3.44. The molecule has 0 aliphatic rings. The number of methoxy groups -OCH3 is 1. The first-order valence-electron chi connectivity index (χ1n) is 7.10. The maximum Gasteiger partial charge on any atom is 0.0587 e. The van der Waals surface area contributed by atoms with Crippen molar-refractivity contribution in [3.63, 3.8) is 0 Å². The Hall–Kier alpha value is -0.570. The summed E-state index contributed by atoms with van der Waals surface area (Å²) >= 11 is 5.94. The maximum absolute atomic E-state index is 5.94. The molecule has 108 valence electrons. The number of halogens is 1. The third-order valence-electron chi connectivity index (χ3n) is 3.98.